The summed E-state index contributed by atoms with van der Waals surface area (Å²) in [7, 11) is -2.74. The Kier molecular flexibility index (Phi) is 6.55. The van der Waals surface area contributed by atoms with Crippen molar-refractivity contribution in [1.82, 2.24) is 15.0 Å². The number of hydrogen-bond acceptors (Lipinski definition) is 8. The summed E-state index contributed by atoms with van der Waals surface area (Å²) in [4.78, 5) is 12.7. The lowest BCUT2D eigenvalue weighted by Gasteiger charge is -2.13. The lowest BCUT2D eigenvalue weighted by atomic mass is 10.3. The molecule has 0 spiro atoms. The third-order valence-electron chi connectivity index (χ3n) is 4.58. The molecular weight excluding hydrogens is 459 g/mol. The molecule has 0 amide bonds. The molecule has 174 valence electrons. The number of nitrogens with zero attached hydrogens (tertiary/aromatic N) is 3. The normalized spacial score (nSPS) is 11.0. The molecule has 0 aliphatic rings. The van der Waals surface area contributed by atoms with Crippen molar-refractivity contribution >= 4 is 38.9 Å². The predicted octanol–water partition coefficient (Wildman–Crippen LogP) is 4.62. The van der Waals surface area contributed by atoms with E-state index in [4.69, 9.17) is 4.74 Å². The predicted molar refractivity (Wildman–Crippen MR) is 128 cm³/mol. The van der Waals surface area contributed by atoms with Crippen molar-refractivity contribution in [2.45, 2.75) is 11.8 Å². The van der Waals surface area contributed by atoms with E-state index in [0.29, 0.717) is 34.7 Å². The van der Waals surface area contributed by atoms with Crippen LogP contribution in [-0.2, 0) is 10.0 Å². The van der Waals surface area contributed by atoms with Crippen molar-refractivity contribution in [2.75, 3.05) is 22.5 Å². The van der Waals surface area contributed by atoms with Gasteiger partial charge in [0.25, 0.3) is 10.0 Å². The average Bonchev–Trinajstić information content (AvgIpc) is 2.80. The fourth-order valence-corrected chi connectivity index (χ4v) is 4.34. The fourth-order valence-electron chi connectivity index (χ4n) is 3.10. The maximum atomic E-state index is 13.6. The number of methoxy groups -OCH3 is 1. The van der Waals surface area contributed by atoms with Gasteiger partial charge in [0, 0.05) is 23.6 Å². The van der Waals surface area contributed by atoms with Crippen LogP contribution < -0.4 is 20.1 Å². The molecule has 0 fully saturated rings. The molecule has 4 rings (SSSR count). The first-order valence-electron chi connectivity index (χ1n) is 10.1. The number of hydrogen-bond donors (Lipinski definition) is 3. The summed E-state index contributed by atoms with van der Waals surface area (Å²) >= 11 is 0. The fraction of sp³-hybridized carbons (Fsp3) is 0.0870. The molecule has 9 nitrogen and oxygen atoms in total. The molecule has 0 bridgehead atoms. The summed E-state index contributed by atoms with van der Waals surface area (Å²) in [5.74, 6) is 1.68. The number of aromatic nitrogens is 3. The number of halogens is 1. The highest BCUT2D eigenvalue weighted by Gasteiger charge is 2.20. The van der Waals surface area contributed by atoms with Crippen molar-refractivity contribution in [1.29, 1.82) is 0 Å². The number of ether oxygens (including phenoxy) is 1. The molecule has 2 aromatic heterocycles. The van der Waals surface area contributed by atoms with E-state index in [1.807, 2.05) is 18.2 Å². The van der Waals surface area contributed by atoms with Gasteiger partial charge in [-0.3, -0.25) is 4.72 Å². The summed E-state index contributed by atoms with van der Waals surface area (Å²) < 4.78 is 46.6. The first kappa shape index (κ1) is 22.9. The minimum atomic E-state index is -4.06. The van der Waals surface area contributed by atoms with Gasteiger partial charge >= 0.3 is 0 Å². The molecule has 4 aromatic rings. The topological polar surface area (TPSA) is 118 Å². The number of rotatable bonds is 8. The maximum Gasteiger partial charge on any atom is 0.265 e. The Morgan fingerprint density at radius 1 is 0.853 bits per heavy atom. The lowest BCUT2D eigenvalue weighted by Crippen LogP contribution is -2.14. The second-order valence-electron chi connectivity index (χ2n) is 7.13. The van der Waals surface area contributed by atoms with Gasteiger partial charge in [-0.15, -0.1) is 0 Å². The number of sulfonamides is 1. The SMILES string of the molecule is COc1ccc(F)cc1S(=O)(=O)Nc1ccc(Nc2cc(Nc3ccccn3)nc(C)n2)cc1. The molecule has 0 aliphatic heterocycles. The first-order valence-corrected chi connectivity index (χ1v) is 11.6. The Balaban J connectivity index is 1.49. The number of benzene rings is 2. The molecule has 34 heavy (non-hydrogen) atoms. The highest BCUT2D eigenvalue weighted by Crippen LogP contribution is 2.27. The van der Waals surface area contributed by atoms with Gasteiger partial charge in [-0.2, -0.15) is 0 Å². The number of anilines is 5. The van der Waals surface area contributed by atoms with E-state index in [1.54, 1.807) is 43.5 Å². The van der Waals surface area contributed by atoms with Crippen LogP contribution in [0, 0.1) is 12.7 Å². The molecule has 0 radical (unpaired) electrons. The molecule has 0 aliphatic carbocycles. The van der Waals surface area contributed by atoms with Crippen LogP contribution in [0.4, 0.5) is 33.2 Å². The molecule has 0 saturated carbocycles. The number of nitrogens with one attached hydrogen (secondary N) is 3. The largest absolute Gasteiger partial charge is 0.495 e. The smallest absolute Gasteiger partial charge is 0.265 e. The maximum absolute atomic E-state index is 13.6. The van der Waals surface area contributed by atoms with E-state index < -0.39 is 15.8 Å². The van der Waals surface area contributed by atoms with Crippen LogP contribution in [0.1, 0.15) is 5.82 Å². The van der Waals surface area contributed by atoms with Gasteiger partial charge in [-0.25, -0.2) is 27.8 Å². The summed E-state index contributed by atoms with van der Waals surface area (Å²) in [5, 5.41) is 6.28. The van der Waals surface area contributed by atoms with E-state index in [2.05, 4.69) is 30.3 Å². The van der Waals surface area contributed by atoms with Crippen LogP contribution in [0.25, 0.3) is 0 Å². The third-order valence-corrected chi connectivity index (χ3v) is 5.99. The zero-order valence-corrected chi connectivity index (χ0v) is 19.1. The van der Waals surface area contributed by atoms with Gasteiger partial charge in [0.2, 0.25) is 0 Å². The van der Waals surface area contributed by atoms with Gasteiger partial charge in [-0.05, 0) is 61.5 Å². The average molecular weight is 481 g/mol. The third kappa shape index (κ3) is 5.56. The Morgan fingerprint density at radius 2 is 1.56 bits per heavy atom. The second kappa shape index (κ2) is 9.71. The summed E-state index contributed by atoms with van der Waals surface area (Å²) in [5.41, 5.74) is 0.974. The zero-order valence-electron chi connectivity index (χ0n) is 18.3. The quantitative estimate of drug-likeness (QED) is 0.334. The van der Waals surface area contributed by atoms with E-state index in [-0.39, 0.29) is 10.6 Å². The molecule has 0 saturated heterocycles. The van der Waals surface area contributed by atoms with Gasteiger partial charge in [0.1, 0.15) is 39.7 Å². The molecule has 11 heteroatoms. The standard InChI is InChI=1S/C23H21FN6O3S/c1-15-26-22(14-23(27-15)29-21-5-3-4-12-25-21)28-17-7-9-18(10-8-17)30-34(31,32)20-13-16(24)6-11-19(20)33-2/h3-14,30H,1-2H3,(H2,25,26,27,28,29). The molecule has 2 aromatic carbocycles. The van der Waals surface area contributed by atoms with E-state index in [1.165, 1.54) is 13.2 Å². The minimum Gasteiger partial charge on any atom is -0.495 e. The highest BCUT2D eigenvalue weighted by molar-refractivity contribution is 7.92. The van der Waals surface area contributed by atoms with Crippen LogP contribution >= 0.6 is 0 Å². The Labute approximate surface area is 196 Å². The molecular formula is C23H21FN6O3S. The van der Waals surface area contributed by atoms with Crippen molar-refractivity contribution < 1.29 is 17.5 Å². The summed E-state index contributed by atoms with van der Waals surface area (Å²) in [6.45, 7) is 1.77. The van der Waals surface area contributed by atoms with E-state index in [9.17, 15) is 12.8 Å². The Morgan fingerprint density at radius 3 is 2.24 bits per heavy atom. The zero-order chi connectivity index (χ0) is 24.1. The summed E-state index contributed by atoms with van der Waals surface area (Å²) in [6.07, 6.45) is 1.68. The van der Waals surface area contributed by atoms with E-state index in [0.717, 1.165) is 12.1 Å². The first-order chi connectivity index (χ1) is 16.3. The number of pyridine rings is 1. The van der Waals surface area contributed by atoms with Crippen molar-refractivity contribution in [3.05, 3.63) is 84.6 Å². The van der Waals surface area contributed by atoms with Crippen LogP contribution in [0.5, 0.6) is 5.75 Å². The van der Waals surface area contributed by atoms with Gasteiger partial charge < -0.3 is 15.4 Å². The van der Waals surface area contributed by atoms with E-state index >= 15 is 0 Å². The van der Waals surface area contributed by atoms with Crippen LogP contribution in [-0.4, -0.2) is 30.5 Å². The van der Waals surface area contributed by atoms with Crippen LogP contribution in [0.3, 0.4) is 0 Å². The van der Waals surface area contributed by atoms with Gasteiger partial charge in [-0.1, -0.05) is 6.07 Å². The molecule has 3 N–H and O–H groups in total. The van der Waals surface area contributed by atoms with Crippen LogP contribution in [0.2, 0.25) is 0 Å². The number of aryl methyl sites for hydroxylation is 1. The Bertz CT molecular complexity index is 1400. The second-order valence-corrected chi connectivity index (χ2v) is 8.78. The molecule has 0 unspecified atom stereocenters. The monoisotopic (exact) mass is 480 g/mol. The van der Waals surface area contributed by atoms with Crippen molar-refractivity contribution in [3.63, 3.8) is 0 Å². The van der Waals surface area contributed by atoms with Gasteiger partial charge in [0.05, 0.1) is 7.11 Å². The minimum absolute atomic E-state index is 0.0430. The Hall–Kier alpha value is -4.25. The highest BCUT2D eigenvalue weighted by atomic mass is 32.2. The summed E-state index contributed by atoms with van der Waals surface area (Å²) in [6, 6.07) is 17.1. The van der Waals surface area contributed by atoms with Gasteiger partial charge in [0.15, 0.2) is 0 Å². The van der Waals surface area contributed by atoms with Crippen LogP contribution in [0.15, 0.2) is 77.8 Å². The lowest BCUT2D eigenvalue weighted by molar-refractivity contribution is 0.401. The molecule has 2 heterocycles. The van der Waals surface area contributed by atoms with Crippen molar-refractivity contribution in [2.24, 2.45) is 0 Å². The van der Waals surface area contributed by atoms with Crippen molar-refractivity contribution in [3.8, 4) is 5.75 Å². The molecule has 0 atom stereocenters.